The molecule has 17 heavy (non-hydrogen) atoms. The lowest BCUT2D eigenvalue weighted by molar-refractivity contribution is 0.0677. The number of benzene rings is 1. The van der Waals surface area contributed by atoms with Gasteiger partial charge < -0.3 is 21.5 Å². The Bertz CT molecular complexity index is 414. The van der Waals surface area contributed by atoms with Gasteiger partial charge in [-0.05, 0) is 31.0 Å². The van der Waals surface area contributed by atoms with E-state index in [9.17, 15) is 9.90 Å². The molecule has 1 amide bonds. The van der Waals surface area contributed by atoms with Crippen LogP contribution >= 0.6 is 0 Å². The van der Waals surface area contributed by atoms with Gasteiger partial charge >= 0.3 is 0 Å². The fourth-order valence-corrected chi connectivity index (χ4v) is 2.26. The quantitative estimate of drug-likeness (QED) is 0.649. The molecule has 1 fully saturated rings. The van der Waals surface area contributed by atoms with E-state index < -0.39 is 0 Å². The first-order valence-corrected chi connectivity index (χ1v) is 5.69. The highest BCUT2D eigenvalue weighted by molar-refractivity contribution is 5.96. The number of aliphatic hydroxyl groups is 1. The predicted octanol–water partition coefficient (Wildman–Crippen LogP) is 0.448. The van der Waals surface area contributed by atoms with E-state index in [0.717, 1.165) is 12.8 Å². The van der Waals surface area contributed by atoms with E-state index in [2.05, 4.69) is 0 Å². The zero-order valence-corrected chi connectivity index (χ0v) is 9.60. The fraction of sp³-hybridized carbons (Fsp3) is 0.417. The van der Waals surface area contributed by atoms with Crippen molar-refractivity contribution in [2.24, 2.45) is 0 Å². The predicted molar refractivity (Wildman–Crippen MR) is 66.4 cm³/mol. The number of amides is 1. The van der Waals surface area contributed by atoms with Crippen LogP contribution in [0.4, 0.5) is 11.4 Å². The number of hydrogen-bond donors (Lipinski definition) is 3. The Hall–Kier alpha value is -1.75. The van der Waals surface area contributed by atoms with Gasteiger partial charge in [-0.3, -0.25) is 4.79 Å². The number of carbonyl (C=O) groups excluding carboxylic acids is 1. The van der Waals surface area contributed by atoms with Crippen LogP contribution < -0.4 is 11.5 Å². The maximum Gasteiger partial charge on any atom is 0.254 e. The minimum Gasteiger partial charge on any atom is -0.399 e. The number of anilines is 2. The first-order valence-electron chi connectivity index (χ1n) is 5.69. The molecule has 0 spiro atoms. The Labute approximate surface area is 100 Å². The van der Waals surface area contributed by atoms with Crippen molar-refractivity contribution in [1.82, 2.24) is 4.90 Å². The van der Waals surface area contributed by atoms with E-state index in [1.54, 1.807) is 23.1 Å². The Morgan fingerprint density at radius 2 is 2.00 bits per heavy atom. The second-order valence-electron chi connectivity index (χ2n) is 4.37. The third-order valence-electron chi connectivity index (χ3n) is 3.07. The molecule has 1 atom stereocenters. The van der Waals surface area contributed by atoms with Gasteiger partial charge in [0.1, 0.15) is 0 Å². The molecule has 1 aromatic rings. The van der Waals surface area contributed by atoms with Gasteiger partial charge in [-0.15, -0.1) is 0 Å². The minimum atomic E-state index is -0.111. The molecule has 1 saturated heterocycles. The molecule has 1 unspecified atom stereocenters. The van der Waals surface area contributed by atoms with E-state index >= 15 is 0 Å². The van der Waals surface area contributed by atoms with Gasteiger partial charge in [-0.2, -0.15) is 0 Å². The molecule has 1 aromatic carbocycles. The van der Waals surface area contributed by atoms with E-state index in [-0.39, 0.29) is 18.6 Å². The van der Waals surface area contributed by atoms with E-state index in [4.69, 9.17) is 11.5 Å². The normalized spacial score (nSPS) is 19.6. The summed E-state index contributed by atoms with van der Waals surface area (Å²) in [6.45, 7) is 0.683. The highest BCUT2D eigenvalue weighted by atomic mass is 16.3. The molecule has 1 heterocycles. The molecule has 0 aliphatic carbocycles. The highest BCUT2D eigenvalue weighted by Crippen LogP contribution is 2.22. The summed E-state index contributed by atoms with van der Waals surface area (Å²) in [5, 5.41) is 9.20. The highest BCUT2D eigenvalue weighted by Gasteiger charge is 2.28. The molecule has 2 rings (SSSR count). The molecular formula is C12H17N3O2. The van der Waals surface area contributed by atoms with E-state index in [1.165, 1.54) is 0 Å². The van der Waals surface area contributed by atoms with Crippen molar-refractivity contribution in [2.75, 3.05) is 24.6 Å². The SMILES string of the molecule is Nc1cc(N)cc(C(=O)N2CCCC2CO)c1. The first-order chi connectivity index (χ1) is 8.11. The summed E-state index contributed by atoms with van der Waals surface area (Å²) in [5.74, 6) is -0.111. The molecule has 0 radical (unpaired) electrons. The molecular weight excluding hydrogens is 218 g/mol. The summed E-state index contributed by atoms with van der Waals surface area (Å²) in [7, 11) is 0. The topological polar surface area (TPSA) is 92.6 Å². The van der Waals surface area contributed by atoms with Gasteiger partial charge in [0.2, 0.25) is 0 Å². The Morgan fingerprint density at radius 3 is 2.59 bits per heavy atom. The minimum absolute atomic E-state index is 0.00351. The lowest BCUT2D eigenvalue weighted by atomic mass is 10.1. The second kappa shape index (κ2) is 4.63. The third-order valence-corrected chi connectivity index (χ3v) is 3.07. The van der Waals surface area contributed by atoms with Crippen LogP contribution in [-0.4, -0.2) is 35.1 Å². The smallest absolute Gasteiger partial charge is 0.254 e. The molecule has 0 aromatic heterocycles. The van der Waals surface area contributed by atoms with Crippen molar-refractivity contribution in [2.45, 2.75) is 18.9 Å². The summed E-state index contributed by atoms with van der Waals surface area (Å²) in [4.78, 5) is 13.9. The van der Waals surface area contributed by atoms with Crippen molar-refractivity contribution in [1.29, 1.82) is 0 Å². The first kappa shape index (κ1) is 11.7. The van der Waals surface area contributed by atoms with Gasteiger partial charge in [0.05, 0.1) is 12.6 Å². The van der Waals surface area contributed by atoms with E-state index in [1.807, 2.05) is 0 Å². The Morgan fingerprint density at radius 1 is 1.35 bits per heavy atom. The van der Waals surface area contributed by atoms with Crippen molar-refractivity contribution >= 4 is 17.3 Å². The average Bonchev–Trinajstić information content (AvgIpc) is 2.74. The van der Waals surface area contributed by atoms with Crippen LogP contribution in [0.2, 0.25) is 0 Å². The maximum absolute atomic E-state index is 12.2. The number of nitrogens with two attached hydrogens (primary N) is 2. The van der Waals surface area contributed by atoms with Gasteiger partial charge in [-0.25, -0.2) is 0 Å². The fourth-order valence-electron chi connectivity index (χ4n) is 2.26. The van der Waals surface area contributed by atoms with Crippen LogP contribution in [0, 0.1) is 0 Å². The lowest BCUT2D eigenvalue weighted by Crippen LogP contribution is -2.37. The number of nitrogen functional groups attached to an aromatic ring is 2. The number of hydrogen-bond acceptors (Lipinski definition) is 4. The number of aliphatic hydroxyl groups excluding tert-OH is 1. The molecule has 1 aliphatic heterocycles. The standard InChI is InChI=1S/C12H17N3O2/c13-9-4-8(5-10(14)6-9)12(17)15-3-1-2-11(15)7-16/h4-6,11,16H,1-3,7,13-14H2. The molecule has 0 saturated carbocycles. The molecule has 5 heteroatoms. The summed E-state index contributed by atoms with van der Waals surface area (Å²) in [6, 6.07) is 4.77. The summed E-state index contributed by atoms with van der Waals surface area (Å²) in [5.41, 5.74) is 12.8. The summed E-state index contributed by atoms with van der Waals surface area (Å²) in [6.07, 6.45) is 1.77. The molecule has 0 bridgehead atoms. The van der Waals surface area contributed by atoms with Crippen LogP contribution in [-0.2, 0) is 0 Å². The number of rotatable bonds is 2. The Balaban J connectivity index is 2.24. The van der Waals surface area contributed by atoms with Crippen molar-refractivity contribution < 1.29 is 9.90 Å². The van der Waals surface area contributed by atoms with Crippen LogP contribution in [0.3, 0.4) is 0 Å². The zero-order valence-electron chi connectivity index (χ0n) is 9.60. The monoisotopic (exact) mass is 235 g/mol. The summed E-state index contributed by atoms with van der Waals surface area (Å²) >= 11 is 0. The maximum atomic E-state index is 12.2. The average molecular weight is 235 g/mol. The van der Waals surface area contributed by atoms with Gasteiger partial charge in [0, 0.05) is 23.5 Å². The molecule has 92 valence electrons. The molecule has 1 aliphatic rings. The van der Waals surface area contributed by atoms with Gasteiger partial charge in [-0.1, -0.05) is 0 Å². The molecule has 5 N–H and O–H groups in total. The van der Waals surface area contributed by atoms with Gasteiger partial charge in [0.25, 0.3) is 5.91 Å². The van der Waals surface area contributed by atoms with Gasteiger partial charge in [0.15, 0.2) is 0 Å². The van der Waals surface area contributed by atoms with E-state index in [0.29, 0.717) is 23.5 Å². The van der Waals surface area contributed by atoms with Crippen LogP contribution in [0.5, 0.6) is 0 Å². The molecule has 5 nitrogen and oxygen atoms in total. The van der Waals surface area contributed by atoms with Crippen molar-refractivity contribution in [3.63, 3.8) is 0 Å². The van der Waals surface area contributed by atoms with Crippen LogP contribution in [0.25, 0.3) is 0 Å². The van der Waals surface area contributed by atoms with Crippen molar-refractivity contribution in [3.8, 4) is 0 Å². The second-order valence-corrected chi connectivity index (χ2v) is 4.37. The largest absolute Gasteiger partial charge is 0.399 e. The number of carbonyl (C=O) groups is 1. The Kier molecular flexibility index (Phi) is 3.19. The zero-order chi connectivity index (χ0) is 12.4. The number of nitrogens with zero attached hydrogens (tertiary/aromatic N) is 1. The van der Waals surface area contributed by atoms with Crippen LogP contribution in [0.15, 0.2) is 18.2 Å². The van der Waals surface area contributed by atoms with Crippen molar-refractivity contribution in [3.05, 3.63) is 23.8 Å². The lowest BCUT2D eigenvalue weighted by Gasteiger charge is -2.23. The summed E-state index contributed by atoms with van der Waals surface area (Å²) < 4.78 is 0. The van der Waals surface area contributed by atoms with Crippen LogP contribution in [0.1, 0.15) is 23.2 Å². The number of likely N-dealkylation sites (tertiary alicyclic amines) is 1. The third kappa shape index (κ3) is 2.34.